The van der Waals surface area contributed by atoms with Crippen LogP contribution in [0.15, 0.2) is 21.5 Å². The van der Waals surface area contributed by atoms with Crippen molar-refractivity contribution in [1.82, 2.24) is 19.8 Å². The molecular weight excluding hydrogens is 348 g/mol. The van der Waals surface area contributed by atoms with Crippen molar-refractivity contribution in [2.75, 3.05) is 7.11 Å². The van der Waals surface area contributed by atoms with Crippen LogP contribution in [0.1, 0.15) is 29.1 Å². The van der Waals surface area contributed by atoms with Crippen LogP contribution in [0.25, 0.3) is 4.96 Å². The van der Waals surface area contributed by atoms with E-state index in [0.29, 0.717) is 22.1 Å². The molecule has 0 saturated carbocycles. The van der Waals surface area contributed by atoms with Gasteiger partial charge in [-0.1, -0.05) is 23.4 Å². The van der Waals surface area contributed by atoms with Crippen LogP contribution in [-0.4, -0.2) is 32.8 Å². The highest BCUT2D eigenvalue weighted by Gasteiger charge is 2.13. The molecule has 9 nitrogen and oxygen atoms in total. The number of methoxy groups -OCH3 is 1. The summed E-state index contributed by atoms with van der Waals surface area (Å²) in [4.78, 5) is 28.7. The van der Waals surface area contributed by atoms with Crippen molar-refractivity contribution in [2.45, 2.75) is 33.0 Å². The van der Waals surface area contributed by atoms with E-state index in [4.69, 9.17) is 14.0 Å². The van der Waals surface area contributed by atoms with Crippen LogP contribution in [0, 0.1) is 0 Å². The minimum atomic E-state index is -0.488. The summed E-state index contributed by atoms with van der Waals surface area (Å²) in [6, 6.07) is 2.94. The zero-order valence-corrected chi connectivity index (χ0v) is 14.5. The lowest BCUT2D eigenvalue weighted by Crippen LogP contribution is -2.17. The van der Waals surface area contributed by atoms with Crippen LogP contribution in [0.3, 0.4) is 0 Å². The van der Waals surface area contributed by atoms with Gasteiger partial charge in [0.15, 0.2) is 5.76 Å². The Morgan fingerprint density at radius 3 is 2.92 bits per heavy atom. The normalized spacial score (nSPS) is 11.1. The summed E-state index contributed by atoms with van der Waals surface area (Å²) >= 11 is 1.34. The fourth-order valence-corrected chi connectivity index (χ4v) is 2.97. The molecule has 0 aliphatic carbocycles. The lowest BCUT2D eigenvalue weighted by molar-refractivity contribution is -0.144. The van der Waals surface area contributed by atoms with Gasteiger partial charge in [-0.2, -0.15) is 9.61 Å². The first-order chi connectivity index (χ1) is 12.1. The monoisotopic (exact) mass is 364 g/mol. The van der Waals surface area contributed by atoms with E-state index in [0.717, 1.165) is 11.4 Å². The first-order valence-corrected chi connectivity index (χ1v) is 8.38. The Hall–Kier alpha value is -2.59. The molecule has 0 aliphatic rings. The molecule has 3 rings (SSSR count). The molecule has 3 heterocycles. The minimum Gasteiger partial charge on any atom is -0.459 e. The van der Waals surface area contributed by atoms with Gasteiger partial charge in [0, 0.05) is 19.2 Å². The third kappa shape index (κ3) is 4.09. The molecule has 0 unspecified atom stereocenters. The molecule has 0 fully saturated rings. The Balaban J connectivity index is 1.63. The average molecular weight is 364 g/mol. The Bertz CT molecular complexity index is 945. The van der Waals surface area contributed by atoms with E-state index in [1.165, 1.54) is 29.0 Å². The zero-order valence-electron chi connectivity index (χ0n) is 13.7. The van der Waals surface area contributed by atoms with Gasteiger partial charge >= 0.3 is 5.97 Å². The van der Waals surface area contributed by atoms with Crippen LogP contribution >= 0.6 is 11.3 Å². The van der Waals surface area contributed by atoms with E-state index in [1.54, 1.807) is 6.07 Å². The second kappa shape index (κ2) is 7.53. The smallest absolute Gasteiger partial charge is 0.312 e. The maximum absolute atomic E-state index is 12.0. The number of nitrogens with zero attached hydrogens (tertiary/aromatic N) is 4. The molecule has 0 saturated heterocycles. The Labute approximate surface area is 146 Å². The van der Waals surface area contributed by atoms with Crippen molar-refractivity contribution in [3.63, 3.8) is 0 Å². The number of aromatic nitrogens is 4. The molecule has 3 aromatic rings. The van der Waals surface area contributed by atoms with Crippen molar-refractivity contribution in [1.29, 1.82) is 0 Å². The molecule has 0 amide bonds. The number of rotatable bonds is 7. The molecule has 0 aromatic carbocycles. The van der Waals surface area contributed by atoms with Gasteiger partial charge in [-0.05, 0) is 6.42 Å². The second-order valence-corrected chi connectivity index (χ2v) is 6.23. The number of esters is 1. The van der Waals surface area contributed by atoms with Crippen LogP contribution in [0.2, 0.25) is 0 Å². The van der Waals surface area contributed by atoms with Crippen LogP contribution in [-0.2, 0) is 40.3 Å². The highest BCUT2D eigenvalue weighted by Crippen LogP contribution is 2.12. The standard InChI is InChI=1S/C15H16N4O5S/c1-3-12-17-19-13(20)5-10(16-15(19)25-12)7-23-14(21)6-9-4-11(8-22-2)24-18-9/h4-5H,3,6-8H2,1-2H3. The van der Waals surface area contributed by atoms with E-state index >= 15 is 0 Å². The van der Waals surface area contributed by atoms with Crippen molar-refractivity contribution in [2.24, 2.45) is 0 Å². The lowest BCUT2D eigenvalue weighted by Gasteiger charge is -2.02. The first-order valence-electron chi connectivity index (χ1n) is 7.56. The van der Waals surface area contributed by atoms with Gasteiger partial charge in [0.2, 0.25) is 4.96 Å². The summed E-state index contributed by atoms with van der Waals surface area (Å²) in [5.41, 5.74) is 0.535. The largest absolute Gasteiger partial charge is 0.459 e. The molecule has 10 heteroatoms. The summed E-state index contributed by atoms with van der Waals surface area (Å²) in [6.07, 6.45) is 0.690. The molecular formula is C15H16N4O5S. The molecule has 0 radical (unpaired) electrons. The topological polar surface area (TPSA) is 109 Å². The van der Waals surface area contributed by atoms with Crippen LogP contribution in [0.4, 0.5) is 0 Å². The third-order valence-corrected chi connectivity index (χ3v) is 4.30. The van der Waals surface area contributed by atoms with Gasteiger partial charge in [0.25, 0.3) is 5.56 Å². The van der Waals surface area contributed by atoms with E-state index in [1.807, 2.05) is 6.92 Å². The van der Waals surface area contributed by atoms with Gasteiger partial charge in [-0.15, -0.1) is 0 Å². The summed E-state index contributed by atoms with van der Waals surface area (Å²) in [5, 5.41) is 8.75. The lowest BCUT2D eigenvalue weighted by atomic mass is 10.3. The highest BCUT2D eigenvalue weighted by atomic mass is 32.1. The number of hydrogen-bond donors (Lipinski definition) is 0. The van der Waals surface area contributed by atoms with Gasteiger partial charge < -0.3 is 14.0 Å². The maximum Gasteiger partial charge on any atom is 0.312 e. The van der Waals surface area contributed by atoms with Crippen molar-refractivity contribution >= 4 is 22.3 Å². The first kappa shape index (κ1) is 17.2. The van der Waals surface area contributed by atoms with Crippen LogP contribution in [0.5, 0.6) is 0 Å². The fraction of sp³-hybridized carbons (Fsp3) is 0.400. The number of carbonyl (C=O) groups excluding carboxylic acids is 1. The Kier molecular flexibility index (Phi) is 5.19. The number of aryl methyl sites for hydroxylation is 1. The predicted molar refractivity (Wildman–Crippen MR) is 87.2 cm³/mol. The molecule has 0 bridgehead atoms. The van der Waals surface area contributed by atoms with Crippen molar-refractivity contribution < 1.29 is 18.8 Å². The summed E-state index contributed by atoms with van der Waals surface area (Å²) in [7, 11) is 1.54. The number of ether oxygens (including phenoxy) is 2. The molecule has 132 valence electrons. The average Bonchev–Trinajstić information content (AvgIpc) is 3.20. The third-order valence-electron chi connectivity index (χ3n) is 3.24. The minimum absolute atomic E-state index is 0.0328. The fourth-order valence-electron chi connectivity index (χ4n) is 2.12. The summed E-state index contributed by atoms with van der Waals surface area (Å²) in [6.45, 7) is 2.14. The van der Waals surface area contributed by atoms with Crippen molar-refractivity contribution in [3.05, 3.63) is 44.6 Å². The molecule has 3 aromatic heterocycles. The molecule has 25 heavy (non-hydrogen) atoms. The van der Waals surface area contributed by atoms with Crippen molar-refractivity contribution in [3.8, 4) is 0 Å². The number of hydrogen-bond acceptors (Lipinski definition) is 9. The number of carbonyl (C=O) groups is 1. The van der Waals surface area contributed by atoms with E-state index in [-0.39, 0.29) is 25.2 Å². The SMILES string of the molecule is CCc1nn2c(=O)cc(COC(=O)Cc3cc(COC)on3)nc2s1. The Morgan fingerprint density at radius 2 is 2.16 bits per heavy atom. The molecule has 0 N–H and O–H groups in total. The maximum atomic E-state index is 12.0. The van der Waals surface area contributed by atoms with E-state index in [9.17, 15) is 9.59 Å². The van der Waals surface area contributed by atoms with Gasteiger partial charge in [-0.3, -0.25) is 9.59 Å². The summed E-state index contributed by atoms with van der Waals surface area (Å²) in [5.74, 6) is 0.0418. The second-order valence-electron chi connectivity index (χ2n) is 5.18. The molecule has 0 atom stereocenters. The van der Waals surface area contributed by atoms with Gasteiger partial charge in [0.05, 0.1) is 17.8 Å². The van der Waals surface area contributed by atoms with Crippen LogP contribution < -0.4 is 5.56 Å². The molecule has 0 spiro atoms. The van der Waals surface area contributed by atoms with Gasteiger partial charge in [-0.25, -0.2) is 4.98 Å². The predicted octanol–water partition coefficient (Wildman–Crippen LogP) is 1.13. The quantitative estimate of drug-likeness (QED) is 0.574. The highest BCUT2D eigenvalue weighted by molar-refractivity contribution is 7.16. The summed E-state index contributed by atoms with van der Waals surface area (Å²) < 4.78 is 16.3. The van der Waals surface area contributed by atoms with E-state index < -0.39 is 5.97 Å². The van der Waals surface area contributed by atoms with E-state index in [2.05, 4.69) is 15.2 Å². The molecule has 0 aliphatic heterocycles. The van der Waals surface area contributed by atoms with Gasteiger partial charge in [0.1, 0.15) is 18.2 Å². The zero-order chi connectivity index (χ0) is 17.8. The number of fused-ring (bicyclic) bond motifs is 1. The Morgan fingerprint density at radius 1 is 1.32 bits per heavy atom.